The van der Waals surface area contributed by atoms with E-state index < -0.39 is 39.3 Å². The number of hydrogen-bond acceptors (Lipinski definition) is 5. The Morgan fingerprint density at radius 3 is 2.41 bits per heavy atom. The smallest absolute Gasteiger partial charge is 0.329 e. The fourth-order valence-electron chi connectivity index (χ4n) is 1.79. The first kappa shape index (κ1) is 13.9. The van der Waals surface area contributed by atoms with Crippen molar-refractivity contribution in [3.05, 3.63) is 0 Å². The number of carbonyl (C=O) groups is 2. The lowest BCUT2D eigenvalue weighted by molar-refractivity contribution is -0.152. The van der Waals surface area contributed by atoms with Crippen LogP contribution in [0.3, 0.4) is 0 Å². The fraction of sp³-hybridized carbons (Fsp3) is 0.750. The van der Waals surface area contributed by atoms with E-state index in [9.17, 15) is 23.1 Å². The molecule has 3 atom stereocenters. The molecule has 0 aromatic carbocycles. The number of sulfonamides is 1. The lowest BCUT2D eigenvalue weighted by Gasteiger charge is -2.26. The van der Waals surface area contributed by atoms with E-state index in [1.165, 1.54) is 6.92 Å². The van der Waals surface area contributed by atoms with Crippen LogP contribution in [0.15, 0.2) is 0 Å². The summed E-state index contributed by atoms with van der Waals surface area (Å²) in [7, 11) is -3.89. The number of nitrogens with zero attached hydrogens (tertiary/aromatic N) is 1. The van der Waals surface area contributed by atoms with E-state index in [2.05, 4.69) is 0 Å². The molecular formula is C8H14N2O6S. The zero-order valence-corrected chi connectivity index (χ0v) is 9.92. The van der Waals surface area contributed by atoms with Crippen molar-refractivity contribution in [2.24, 2.45) is 5.14 Å². The maximum absolute atomic E-state index is 11.5. The molecule has 4 N–H and O–H groups in total. The minimum Gasteiger partial charge on any atom is -0.480 e. The zero-order chi connectivity index (χ0) is 13.4. The Kier molecular flexibility index (Phi) is 3.74. The number of likely N-dealkylation sites (tertiary alicyclic amines) is 1. The second kappa shape index (κ2) is 4.59. The van der Waals surface area contributed by atoms with Crippen molar-refractivity contribution in [3.63, 3.8) is 0 Å². The number of nitrogens with two attached hydrogens (primary N) is 1. The van der Waals surface area contributed by atoms with Crippen molar-refractivity contribution in [3.8, 4) is 0 Å². The van der Waals surface area contributed by atoms with E-state index in [1.54, 1.807) is 0 Å². The van der Waals surface area contributed by atoms with E-state index in [1.807, 2.05) is 0 Å². The Hall–Kier alpha value is -1.19. The number of carboxylic acid groups (broad SMARTS) is 1. The molecule has 0 saturated carbocycles. The molecule has 1 heterocycles. The van der Waals surface area contributed by atoms with E-state index in [4.69, 9.17) is 10.2 Å². The highest BCUT2D eigenvalue weighted by Crippen LogP contribution is 2.20. The van der Waals surface area contributed by atoms with Crippen LogP contribution in [-0.2, 0) is 19.6 Å². The molecule has 0 spiro atoms. The second-order valence-corrected chi connectivity index (χ2v) is 5.83. The van der Waals surface area contributed by atoms with Gasteiger partial charge >= 0.3 is 5.97 Å². The molecule has 1 unspecified atom stereocenters. The quantitative estimate of drug-likeness (QED) is 0.523. The molecular weight excluding hydrogens is 252 g/mol. The molecule has 0 aliphatic carbocycles. The predicted molar refractivity (Wildman–Crippen MR) is 56.3 cm³/mol. The maximum Gasteiger partial charge on any atom is 0.329 e. The van der Waals surface area contributed by atoms with E-state index in [0.717, 1.165) is 4.90 Å². The number of aliphatic hydroxyl groups excluding tert-OH is 1. The van der Waals surface area contributed by atoms with Gasteiger partial charge in [0.1, 0.15) is 5.25 Å². The van der Waals surface area contributed by atoms with Gasteiger partial charge in [0.05, 0.1) is 6.10 Å². The molecule has 1 aliphatic rings. The molecule has 8 nitrogen and oxygen atoms in total. The first-order valence-corrected chi connectivity index (χ1v) is 6.47. The van der Waals surface area contributed by atoms with Crippen molar-refractivity contribution < 1.29 is 28.2 Å². The number of carbonyl (C=O) groups excluding carboxylic acids is 1. The third-order valence-corrected chi connectivity index (χ3v) is 3.88. The highest BCUT2D eigenvalue weighted by atomic mass is 32.2. The minimum atomic E-state index is -3.89. The first-order valence-electron chi connectivity index (χ1n) is 4.86. The van der Waals surface area contributed by atoms with Crippen molar-refractivity contribution >= 4 is 21.9 Å². The number of primary sulfonamides is 1. The average molecular weight is 266 g/mol. The molecule has 0 radical (unpaired) electrons. The van der Waals surface area contributed by atoms with Gasteiger partial charge in [-0.1, -0.05) is 0 Å². The van der Waals surface area contributed by atoms with Crippen LogP contribution in [0.1, 0.15) is 13.3 Å². The third kappa shape index (κ3) is 2.93. The van der Waals surface area contributed by atoms with Crippen LogP contribution in [0.5, 0.6) is 0 Å². The minimum absolute atomic E-state index is 0.306. The number of rotatable bonds is 4. The normalized spacial score (nSPS) is 24.8. The summed E-state index contributed by atoms with van der Waals surface area (Å²) in [6, 6.07) is -1.45. The molecule has 1 saturated heterocycles. The summed E-state index contributed by atoms with van der Waals surface area (Å²) in [6.07, 6.45) is -1.65. The number of hydrogen-bond donors (Lipinski definition) is 3. The first-order chi connectivity index (χ1) is 7.64. The highest BCUT2D eigenvalue weighted by molar-refractivity contribution is 7.89. The Bertz CT molecular complexity index is 431. The van der Waals surface area contributed by atoms with E-state index >= 15 is 0 Å². The summed E-state index contributed by atoms with van der Waals surface area (Å²) in [4.78, 5) is 23.2. The van der Waals surface area contributed by atoms with Gasteiger partial charge in [-0.05, 0) is 6.92 Å². The molecule has 1 rings (SSSR count). The van der Waals surface area contributed by atoms with Gasteiger partial charge in [-0.2, -0.15) is 0 Å². The van der Waals surface area contributed by atoms with E-state index in [0.29, 0.717) is 0 Å². The van der Waals surface area contributed by atoms with Crippen LogP contribution in [0.25, 0.3) is 0 Å². The third-order valence-electron chi connectivity index (χ3n) is 2.63. The van der Waals surface area contributed by atoms with Crippen LogP contribution < -0.4 is 5.14 Å². The summed E-state index contributed by atoms with van der Waals surface area (Å²) in [5.74, 6) is -2.03. The average Bonchev–Trinajstić information content (AvgIpc) is 2.46. The van der Waals surface area contributed by atoms with Gasteiger partial charge in [-0.15, -0.1) is 0 Å². The van der Waals surface area contributed by atoms with Crippen LogP contribution in [0.4, 0.5) is 0 Å². The summed E-state index contributed by atoms with van der Waals surface area (Å²) < 4.78 is 22.2. The van der Waals surface area contributed by atoms with Crippen molar-refractivity contribution in [2.45, 2.75) is 30.7 Å². The van der Waals surface area contributed by atoms with E-state index in [-0.39, 0.29) is 13.0 Å². The lowest BCUT2D eigenvalue weighted by Crippen LogP contribution is -2.49. The number of aliphatic hydroxyl groups is 1. The van der Waals surface area contributed by atoms with Gasteiger partial charge in [-0.3, -0.25) is 4.79 Å². The number of amides is 1. The summed E-state index contributed by atoms with van der Waals surface area (Å²) in [5.41, 5.74) is 0. The van der Waals surface area contributed by atoms with Gasteiger partial charge < -0.3 is 15.1 Å². The topological polar surface area (TPSA) is 138 Å². The predicted octanol–water partition coefficient (Wildman–Crippen LogP) is -2.29. The molecule has 1 fully saturated rings. The Morgan fingerprint density at radius 1 is 1.59 bits per heavy atom. The van der Waals surface area contributed by atoms with Crippen molar-refractivity contribution in [2.75, 3.05) is 6.54 Å². The molecule has 17 heavy (non-hydrogen) atoms. The Morgan fingerprint density at radius 2 is 2.12 bits per heavy atom. The van der Waals surface area contributed by atoms with Gasteiger partial charge in [0, 0.05) is 13.0 Å². The Labute approximate surface area is 98.1 Å². The summed E-state index contributed by atoms with van der Waals surface area (Å²) in [5, 5.41) is 22.0. The second-order valence-electron chi connectivity index (χ2n) is 3.98. The molecule has 1 aliphatic heterocycles. The van der Waals surface area contributed by atoms with Gasteiger partial charge in [-0.25, -0.2) is 18.4 Å². The molecule has 98 valence electrons. The molecule has 0 aromatic rings. The van der Waals surface area contributed by atoms with Crippen LogP contribution >= 0.6 is 0 Å². The van der Waals surface area contributed by atoms with Crippen LogP contribution in [0, 0.1) is 0 Å². The number of carboxylic acids is 1. The number of aliphatic carboxylic acids is 1. The molecule has 0 aromatic heterocycles. The zero-order valence-electron chi connectivity index (χ0n) is 9.11. The highest BCUT2D eigenvalue weighted by Gasteiger charge is 2.43. The molecule has 9 heteroatoms. The molecule has 0 bridgehead atoms. The largest absolute Gasteiger partial charge is 0.480 e. The summed E-state index contributed by atoms with van der Waals surface area (Å²) >= 11 is 0. The van der Waals surface area contributed by atoms with Crippen LogP contribution in [-0.4, -0.2) is 59.3 Å². The van der Waals surface area contributed by atoms with Gasteiger partial charge in [0.2, 0.25) is 15.9 Å². The lowest BCUT2D eigenvalue weighted by atomic mass is 10.1. The Balaban J connectivity index is 2.94. The monoisotopic (exact) mass is 266 g/mol. The summed E-state index contributed by atoms with van der Waals surface area (Å²) in [6.45, 7) is 0.913. The standard InChI is InChI=1S/C8H14N2O6S/c1-4(11)7(8(13)14)10-3-5(2-6(10)12)17(9,15)16/h4-5,7,11H,2-3H2,1H3,(H,13,14)(H2,9,15,16)/t4-,5?,7+/m0/s1. The van der Waals surface area contributed by atoms with Crippen molar-refractivity contribution in [1.82, 2.24) is 4.90 Å². The van der Waals surface area contributed by atoms with Gasteiger partial charge in [0.15, 0.2) is 6.04 Å². The molecule has 1 amide bonds. The fourth-order valence-corrected chi connectivity index (χ4v) is 2.53. The van der Waals surface area contributed by atoms with Gasteiger partial charge in [0.25, 0.3) is 0 Å². The maximum atomic E-state index is 11.5. The van der Waals surface area contributed by atoms with Crippen molar-refractivity contribution in [1.29, 1.82) is 0 Å². The SMILES string of the molecule is C[C@H](O)[C@H](C(=O)O)N1CC(S(N)(=O)=O)CC1=O. The van der Waals surface area contributed by atoms with Crippen LogP contribution in [0.2, 0.25) is 0 Å².